The topological polar surface area (TPSA) is 58.4 Å². The standard InChI is InChI=1S/C12H16ClN3O2/c1-9-7-14-4-5-15(9)8-10-6-11(13)2-3-12(10)16(17)18/h2-3,6,9,14H,4-5,7-8H2,1H3/t9-/m0/s1. The maximum absolute atomic E-state index is 11.0. The second-order valence-corrected chi connectivity index (χ2v) is 4.99. The predicted octanol–water partition coefficient (Wildman–Crippen LogP) is 2.04. The average molecular weight is 270 g/mol. The van der Waals surface area contributed by atoms with Crippen LogP contribution in [0.3, 0.4) is 0 Å². The number of nitro benzene ring substituents is 1. The van der Waals surface area contributed by atoms with Gasteiger partial charge in [0.05, 0.1) is 4.92 Å². The van der Waals surface area contributed by atoms with Crippen LogP contribution in [0.4, 0.5) is 5.69 Å². The number of benzene rings is 1. The minimum absolute atomic E-state index is 0.144. The van der Waals surface area contributed by atoms with Crippen molar-refractivity contribution in [2.75, 3.05) is 19.6 Å². The molecule has 2 rings (SSSR count). The Labute approximate surface area is 111 Å². The zero-order chi connectivity index (χ0) is 13.1. The molecule has 18 heavy (non-hydrogen) atoms. The number of hydrogen-bond acceptors (Lipinski definition) is 4. The molecule has 0 radical (unpaired) electrons. The summed E-state index contributed by atoms with van der Waals surface area (Å²) in [7, 11) is 0. The van der Waals surface area contributed by atoms with Gasteiger partial charge in [-0.25, -0.2) is 0 Å². The van der Waals surface area contributed by atoms with Crippen LogP contribution in [0.25, 0.3) is 0 Å². The summed E-state index contributed by atoms with van der Waals surface area (Å²) in [6.45, 7) is 5.40. The molecule has 1 saturated heterocycles. The van der Waals surface area contributed by atoms with E-state index in [1.54, 1.807) is 12.1 Å². The molecule has 1 atom stereocenters. The largest absolute Gasteiger partial charge is 0.314 e. The van der Waals surface area contributed by atoms with Crippen LogP contribution in [-0.4, -0.2) is 35.5 Å². The van der Waals surface area contributed by atoms with Crippen LogP contribution in [0, 0.1) is 10.1 Å². The summed E-state index contributed by atoms with van der Waals surface area (Å²) in [5.74, 6) is 0. The van der Waals surface area contributed by atoms with Crippen LogP contribution in [0.5, 0.6) is 0 Å². The third-order valence-electron chi connectivity index (χ3n) is 3.25. The van der Waals surface area contributed by atoms with Crippen molar-refractivity contribution in [3.63, 3.8) is 0 Å². The summed E-state index contributed by atoms with van der Waals surface area (Å²) in [5, 5.41) is 14.8. The second kappa shape index (κ2) is 5.65. The fourth-order valence-corrected chi connectivity index (χ4v) is 2.39. The predicted molar refractivity (Wildman–Crippen MR) is 70.8 cm³/mol. The fourth-order valence-electron chi connectivity index (χ4n) is 2.20. The van der Waals surface area contributed by atoms with Crippen LogP contribution in [-0.2, 0) is 6.54 Å². The van der Waals surface area contributed by atoms with E-state index in [0.717, 1.165) is 19.6 Å². The van der Waals surface area contributed by atoms with Gasteiger partial charge >= 0.3 is 0 Å². The first-order chi connectivity index (χ1) is 8.58. The third-order valence-corrected chi connectivity index (χ3v) is 3.49. The van der Waals surface area contributed by atoms with Crippen molar-refractivity contribution < 1.29 is 4.92 Å². The molecular formula is C12H16ClN3O2. The van der Waals surface area contributed by atoms with E-state index in [9.17, 15) is 10.1 Å². The average Bonchev–Trinajstić information content (AvgIpc) is 2.32. The fraction of sp³-hybridized carbons (Fsp3) is 0.500. The number of nitro groups is 1. The van der Waals surface area contributed by atoms with Crippen molar-refractivity contribution in [3.8, 4) is 0 Å². The van der Waals surface area contributed by atoms with Crippen molar-refractivity contribution >= 4 is 17.3 Å². The van der Waals surface area contributed by atoms with E-state index in [-0.39, 0.29) is 10.6 Å². The molecule has 0 unspecified atom stereocenters. The molecule has 1 aliphatic rings. The molecule has 0 amide bonds. The Morgan fingerprint density at radius 1 is 1.61 bits per heavy atom. The van der Waals surface area contributed by atoms with Crippen molar-refractivity contribution in [3.05, 3.63) is 38.9 Å². The third kappa shape index (κ3) is 2.98. The molecule has 5 nitrogen and oxygen atoms in total. The summed E-state index contributed by atoms with van der Waals surface area (Å²) >= 11 is 5.92. The van der Waals surface area contributed by atoms with Gasteiger partial charge < -0.3 is 5.32 Å². The number of halogens is 1. The second-order valence-electron chi connectivity index (χ2n) is 4.55. The molecule has 0 saturated carbocycles. The summed E-state index contributed by atoms with van der Waals surface area (Å²) in [4.78, 5) is 12.9. The van der Waals surface area contributed by atoms with Crippen molar-refractivity contribution in [1.29, 1.82) is 0 Å². The molecule has 1 aromatic rings. The van der Waals surface area contributed by atoms with Gasteiger partial charge in [0.15, 0.2) is 0 Å². The Balaban J connectivity index is 2.21. The molecule has 0 aliphatic carbocycles. The zero-order valence-electron chi connectivity index (χ0n) is 10.2. The first kappa shape index (κ1) is 13.3. The quantitative estimate of drug-likeness (QED) is 0.674. The summed E-state index contributed by atoms with van der Waals surface area (Å²) < 4.78 is 0. The zero-order valence-corrected chi connectivity index (χ0v) is 11.0. The molecule has 6 heteroatoms. The Morgan fingerprint density at radius 2 is 2.39 bits per heavy atom. The lowest BCUT2D eigenvalue weighted by molar-refractivity contribution is -0.385. The van der Waals surface area contributed by atoms with Gasteiger partial charge in [-0.1, -0.05) is 11.6 Å². The number of rotatable bonds is 3. The van der Waals surface area contributed by atoms with E-state index in [1.807, 2.05) is 0 Å². The number of hydrogen-bond donors (Lipinski definition) is 1. The van der Waals surface area contributed by atoms with Gasteiger partial charge in [-0.2, -0.15) is 0 Å². The Kier molecular flexibility index (Phi) is 4.16. The highest BCUT2D eigenvalue weighted by atomic mass is 35.5. The minimum atomic E-state index is -0.349. The molecule has 1 heterocycles. The van der Waals surface area contributed by atoms with Crippen molar-refractivity contribution in [1.82, 2.24) is 10.2 Å². The van der Waals surface area contributed by atoms with Gasteiger partial charge in [0.1, 0.15) is 0 Å². The highest BCUT2D eigenvalue weighted by Crippen LogP contribution is 2.24. The highest BCUT2D eigenvalue weighted by molar-refractivity contribution is 6.30. The lowest BCUT2D eigenvalue weighted by Gasteiger charge is -2.33. The summed E-state index contributed by atoms with van der Waals surface area (Å²) in [5.41, 5.74) is 0.825. The van der Waals surface area contributed by atoms with Crippen LogP contribution in [0.2, 0.25) is 5.02 Å². The van der Waals surface area contributed by atoms with Gasteiger partial charge in [-0.05, 0) is 19.1 Å². The van der Waals surface area contributed by atoms with Gasteiger partial charge in [0.25, 0.3) is 5.69 Å². The maximum atomic E-state index is 11.0. The van der Waals surface area contributed by atoms with Gasteiger partial charge in [0.2, 0.25) is 0 Å². The summed E-state index contributed by atoms with van der Waals surface area (Å²) in [6, 6.07) is 5.10. The molecule has 1 N–H and O–H groups in total. The first-order valence-electron chi connectivity index (χ1n) is 5.95. The summed E-state index contributed by atoms with van der Waals surface area (Å²) in [6.07, 6.45) is 0. The van der Waals surface area contributed by atoms with Crippen molar-refractivity contribution in [2.45, 2.75) is 19.5 Å². The Morgan fingerprint density at radius 3 is 3.06 bits per heavy atom. The molecule has 1 fully saturated rings. The van der Waals surface area contributed by atoms with Gasteiger partial charge in [0, 0.05) is 48.9 Å². The van der Waals surface area contributed by atoms with Gasteiger partial charge in [-0.3, -0.25) is 15.0 Å². The van der Waals surface area contributed by atoms with E-state index >= 15 is 0 Å². The first-order valence-corrected chi connectivity index (χ1v) is 6.33. The van der Waals surface area contributed by atoms with E-state index in [4.69, 9.17) is 11.6 Å². The lowest BCUT2D eigenvalue weighted by atomic mass is 10.1. The Bertz CT molecular complexity index is 453. The van der Waals surface area contributed by atoms with E-state index in [2.05, 4.69) is 17.1 Å². The number of nitrogens with zero attached hydrogens (tertiary/aromatic N) is 2. The van der Waals surface area contributed by atoms with E-state index in [0.29, 0.717) is 23.2 Å². The smallest absolute Gasteiger partial charge is 0.273 e. The SMILES string of the molecule is C[C@H]1CNCCN1Cc1cc(Cl)ccc1[N+](=O)[O-]. The number of piperazine rings is 1. The lowest BCUT2D eigenvalue weighted by Crippen LogP contribution is -2.49. The highest BCUT2D eigenvalue weighted by Gasteiger charge is 2.22. The Hall–Kier alpha value is -1.17. The monoisotopic (exact) mass is 269 g/mol. The molecule has 0 spiro atoms. The minimum Gasteiger partial charge on any atom is -0.314 e. The maximum Gasteiger partial charge on any atom is 0.273 e. The molecule has 98 valence electrons. The van der Waals surface area contributed by atoms with Crippen molar-refractivity contribution in [2.24, 2.45) is 0 Å². The van der Waals surface area contributed by atoms with Crippen LogP contribution in [0.15, 0.2) is 18.2 Å². The molecule has 0 aromatic heterocycles. The van der Waals surface area contributed by atoms with E-state index < -0.39 is 0 Å². The van der Waals surface area contributed by atoms with Crippen LogP contribution >= 0.6 is 11.6 Å². The molecular weight excluding hydrogens is 254 g/mol. The van der Waals surface area contributed by atoms with Crippen LogP contribution < -0.4 is 5.32 Å². The molecule has 1 aromatic carbocycles. The van der Waals surface area contributed by atoms with E-state index in [1.165, 1.54) is 6.07 Å². The normalized spacial score (nSPS) is 20.9. The molecule has 1 aliphatic heterocycles. The number of nitrogens with one attached hydrogen (secondary N) is 1. The van der Waals surface area contributed by atoms with Gasteiger partial charge in [-0.15, -0.1) is 0 Å². The molecule has 0 bridgehead atoms. The van der Waals surface area contributed by atoms with Crippen LogP contribution in [0.1, 0.15) is 12.5 Å².